The second kappa shape index (κ2) is 6.61. The van der Waals surface area contributed by atoms with Crippen LogP contribution in [0.25, 0.3) is 0 Å². The number of piperidine rings is 1. The Bertz CT molecular complexity index is 78.2. The summed E-state index contributed by atoms with van der Waals surface area (Å²) >= 11 is 0. The van der Waals surface area contributed by atoms with E-state index in [0.717, 1.165) is 7.85 Å². The van der Waals surface area contributed by atoms with Crippen molar-refractivity contribution < 1.29 is 9.90 Å². The normalized spacial score (nSPS) is 16.8. The van der Waals surface area contributed by atoms with Crippen molar-refractivity contribution in [2.75, 3.05) is 13.1 Å². The molecule has 0 unspecified atom stereocenters. The first-order chi connectivity index (χ1) is 4.73. The van der Waals surface area contributed by atoms with Crippen molar-refractivity contribution in [1.82, 2.24) is 5.32 Å². The monoisotopic (exact) mass is 143 g/mol. The van der Waals surface area contributed by atoms with Gasteiger partial charge in [0.1, 0.15) is 0 Å². The first-order valence-electron chi connectivity index (χ1n) is 3.63. The zero-order chi connectivity index (χ0) is 7.82. The summed E-state index contributed by atoms with van der Waals surface area (Å²) in [6.45, 7) is 2.50. The molecule has 0 aromatic heterocycles. The molecule has 0 amide bonds. The van der Waals surface area contributed by atoms with E-state index in [-0.39, 0.29) is 0 Å². The van der Waals surface area contributed by atoms with Gasteiger partial charge in [-0.25, -0.2) is 0 Å². The molecule has 0 radical (unpaired) electrons. The van der Waals surface area contributed by atoms with E-state index in [1.807, 2.05) is 0 Å². The molecule has 0 spiro atoms. The van der Waals surface area contributed by atoms with E-state index in [0.29, 0.717) is 0 Å². The van der Waals surface area contributed by atoms with E-state index in [2.05, 4.69) is 5.32 Å². The van der Waals surface area contributed by atoms with Crippen LogP contribution in [0.2, 0.25) is 0 Å². The second-order valence-corrected chi connectivity index (χ2v) is 2.33. The van der Waals surface area contributed by atoms with Crippen molar-refractivity contribution in [3.05, 3.63) is 0 Å². The molecule has 0 aromatic carbocycles. The highest BCUT2D eigenvalue weighted by Gasteiger charge is 1.93. The van der Waals surface area contributed by atoms with Gasteiger partial charge in [0, 0.05) is 0 Å². The van der Waals surface area contributed by atoms with Gasteiger partial charge in [-0.15, -0.1) is 0 Å². The van der Waals surface area contributed by atoms with Crippen LogP contribution in [-0.2, 0) is 0 Å². The van der Waals surface area contributed by atoms with Crippen molar-refractivity contribution >= 4 is 13.7 Å². The summed E-state index contributed by atoms with van der Waals surface area (Å²) < 4.78 is 0. The van der Waals surface area contributed by atoms with E-state index in [1.165, 1.54) is 32.4 Å². The van der Waals surface area contributed by atoms with Crippen LogP contribution in [0.15, 0.2) is 0 Å². The highest BCUT2D eigenvalue weighted by molar-refractivity contribution is 6.54. The first-order valence-corrected chi connectivity index (χ1v) is 3.63. The summed E-state index contributed by atoms with van der Waals surface area (Å²) in [5.41, 5.74) is 0. The molecule has 2 N–H and O–H groups in total. The fourth-order valence-corrected chi connectivity index (χ4v) is 0.802. The summed E-state index contributed by atoms with van der Waals surface area (Å²) in [6, 6.07) is 0. The molecule has 0 aliphatic carbocycles. The highest BCUT2D eigenvalue weighted by Crippen LogP contribution is 1.96. The molecule has 0 saturated carbocycles. The van der Waals surface area contributed by atoms with Crippen LogP contribution in [0.4, 0.5) is 4.79 Å². The van der Waals surface area contributed by atoms with Crippen LogP contribution in [0.3, 0.4) is 0 Å². The topological polar surface area (TPSA) is 49.3 Å². The lowest BCUT2D eigenvalue weighted by atomic mass is 10.2. The summed E-state index contributed by atoms with van der Waals surface area (Å²) in [5, 5.41) is 10.7. The number of hydrogen-bond donors (Lipinski definition) is 2. The van der Waals surface area contributed by atoms with Crippen molar-refractivity contribution in [2.45, 2.75) is 19.3 Å². The smallest absolute Gasteiger partial charge is 0.242 e. The number of rotatable bonds is 0. The zero-order valence-electron chi connectivity index (χ0n) is 6.39. The first kappa shape index (κ1) is 9.49. The maximum Gasteiger partial charge on any atom is 0.242 e. The van der Waals surface area contributed by atoms with E-state index >= 15 is 0 Å². The van der Waals surface area contributed by atoms with Crippen molar-refractivity contribution in [2.24, 2.45) is 0 Å². The molecular formula is C6H14BNO2. The SMILES string of the molecule is BC(=O)O.C1CCNCC1. The van der Waals surface area contributed by atoms with Crippen LogP contribution in [0, 0.1) is 0 Å². The van der Waals surface area contributed by atoms with Crippen LogP contribution in [0.1, 0.15) is 19.3 Å². The third-order valence-corrected chi connectivity index (χ3v) is 1.21. The molecular weight excluding hydrogens is 129 g/mol. The minimum absolute atomic E-state index is 0.833. The van der Waals surface area contributed by atoms with Gasteiger partial charge in [-0.3, -0.25) is 4.79 Å². The lowest BCUT2D eigenvalue weighted by Crippen LogP contribution is -2.21. The van der Waals surface area contributed by atoms with E-state index < -0.39 is 5.87 Å². The van der Waals surface area contributed by atoms with Gasteiger partial charge in [0.15, 0.2) is 0 Å². The average Bonchev–Trinajstić information content (AvgIpc) is 1.90. The van der Waals surface area contributed by atoms with Crippen molar-refractivity contribution in [3.63, 3.8) is 0 Å². The quantitative estimate of drug-likeness (QED) is 0.471. The summed E-state index contributed by atoms with van der Waals surface area (Å²) in [6.07, 6.45) is 4.22. The third kappa shape index (κ3) is 10.5. The van der Waals surface area contributed by atoms with Crippen LogP contribution < -0.4 is 5.32 Å². The Labute approximate surface area is 62.2 Å². The highest BCUT2D eigenvalue weighted by atomic mass is 16.4. The maximum atomic E-state index is 9.00. The minimum atomic E-state index is -0.833. The molecule has 1 saturated heterocycles. The number of carboxylic acid groups (broad SMARTS) is 1. The van der Waals surface area contributed by atoms with Gasteiger partial charge in [0.05, 0.1) is 0 Å². The second-order valence-electron chi connectivity index (χ2n) is 2.33. The molecule has 10 heavy (non-hydrogen) atoms. The van der Waals surface area contributed by atoms with Gasteiger partial charge < -0.3 is 10.4 Å². The van der Waals surface area contributed by atoms with Gasteiger partial charge >= 0.3 is 0 Å². The lowest BCUT2D eigenvalue weighted by Gasteiger charge is -2.08. The molecule has 0 bridgehead atoms. The van der Waals surface area contributed by atoms with Crippen LogP contribution in [0.5, 0.6) is 0 Å². The van der Waals surface area contributed by atoms with E-state index in [1.54, 1.807) is 0 Å². The molecule has 4 heteroatoms. The number of hydrogen-bond acceptors (Lipinski definition) is 2. The Morgan fingerprint density at radius 3 is 1.80 bits per heavy atom. The Morgan fingerprint density at radius 1 is 1.30 bits per heavy atom. The molecule has 0 atom stereocenters. The van der Waals surface area contributed by atoms with E-state index in [4.69, 9.17) is 9.90 Å². The number of nitrogens with one attached hydrogen (secondary N) is 1. The molecule has 3 nitrogen and oxygen atoms in total. The van der Waals surface area contributed by atoms with Gasteiger partial charge in [0.2, 0.25) is 13.7 Å². The van der Waals surface area contributed by atoms with Crippen LogP contribution in [-0.4, -0.2) is 31.9 Å². The fraction of sp³-hybridized carbons (Fsp3) is 0.833. The Balaban J connectivity index is 0.000000180. The average molecular weight is 143 g/mol. The number of carbonyl (C=O) groups is 1. The van der Waals surface area contributed by atoms with Gasteiger partial charge in [-0.2, -0.15) is 0 Å². The van der Waals surface area contributed by atoms with Crippen molar-refractivity contribution in [3.8, 4) is 0 Å². The molecule has 1 aliphatic rings. The van der Waals surface area contributed by atoms with Crippen molar-refractivity contribution in [1.29, 1.82) is 0 Å². The molecule has 58 valence electrons. The lowest BCUT2D eigenvalue weighted by molar-refractivity contribution is 0.220. The third-order valence-electron chi connectivity index (χ3n) is 1.21. The Kier molecular flexibility index (Phi) is 6.28. The molecule has 1 fully saturated rings. The molecule has 1 rings (SSSR count). The van der Waals surface area contributed by atoms with Gasteiger partial charge in [-0.1, -0.05) is 6.42 Å². The summed E-state index contributed by atoms with van der Waals surface area (Å²) in [4.78, 5) is 9.00. The largest absolute Gasteiger partial charge is 0.490 e. The Morgan fingerprint density at radius 2 is 1.70 bits per heavy atom. The predicted octanol–water partition coefficient (Wildman–Crippen LogP) is 0.0574. The molecule has 0 aromatic rings. The Hall–Kier alpha value is -0.505. The van der Waals surface area contributed by atoms with Gasteiger partial charge in [-0.05, 0) is 25.9 Å². The van der Waals surface area contributed by atoms with E-state index in [9.17, 15) is 0 Å². The zero-order valence-corrected chi connectivity index (χ0v) is 6.39. The van der Waals surface area contributed by atoms with Gasteiger partial charge in [0.25, 0.3) is 0 Å². The predicted molar refractivity (Wildman–Crippen MR) is 43.3 cm³/mol. The summed E-state index contributed by atoms with van der Waals surface area (Å²) in [7, 11) is 1.08. The molecule has 1 heterocycles. The fourth-order valence-electron chi connectivity index (χ4n) is 0.802. The summed E-state index contributed by atoms with van der Waals surface area (Å²) in [5.74, 6) is -0.833. The maximum absolute atomic E-state index is 9.00. The van der Waals surface area contributed by atoms with Crippen LogP contribution >= 0.6 is 0 Å². The molecule has 1 aliphatic heterocycles. The standard InChI is InChI=1S/C5H11N.CH3BO2/c1-2-4-6-5-3-1;2-1(3)4/h6H,1-5H2;2H2,(H,3,4). The minimum Gasteiger partial charge on any atom is -0.490 e.